The molecule has 0 saturated heterocycles. The Balaban J connectivity index is 0.000000129. The summed E-state index contributed by atoms with van der Waals surface area (Å²) >= 11 is 0. The monoisotopic (exact) mass is 308 g/mol. The highest BCUT2D eigenvalue weighted by atomic mass is 14.6. The summed E-state index contributed by atoms with van der Waals surface area (Å²) in [7, 11) is 0. The molecule has 2 nitrogen and oxygen atoms in total. The maximum absolute atomic E-state index is 4.41. The summed E-state index contributed by atoms with van der Waals surface area (Å²) in [6, 6.07) is 26.8. The molecular weight excluding hydrogens is 292 g/mol. The van der Waals surface area contributed by atoms with Crippen molar-refractivity contribution in [2.24, 2.45) is 0 Å². The summed E-state index contributed by atoms with van der Waals surface area (Å²) in [5, 5.41) is 6.12. The molecule has 2 heterocycles. The van der Waals surface area contributed by atoms with Gasteiger partial charge < -0.3 is 0 Å². The molecule has 0 unspecified atom stereocenters. The molecule has 0 aliphatic carbocycles. The van der Waals surface area contributed by atoms with E-state index in [1.54, 1.807) is 0 Å². The number of hydrogen-bond acceptors (Lipinski definition) is 2. The van der Waals surface area contributed by atoms with E-state index in [4.69, 9.17) is 0 Å². The van der Waals surface area contributed by atoms with Crippen LogP contribution in [0.4, 0.5) is 0 Å². The Labute approximate surface area is 140 Å². The van der Waals surface area contributed by atoms with Gasteiger partial charge in [-0.1, -0.05) is 66.7 Å². The molecule has 24 heavy (non-hydrogen) atoms. The third-order valence-electron chi connectivity index (χ3n) is 4.05. The lowest BCUT2D eigenvalue weighted by Gasteiger charge is -2.01. The zero-order chi connectivity index (χ0) is 16.2. The molecule has 0 N–H and O–H groups in total. The largest absolute Gasteiger partial charge is 0.264 e. The summed E-state index contributed by atoms with van der Waals surface area (Å²) in [6.07, 6.45) is 5.52. The molecule has 3 aromatic carbocycles. The number of pyridine rings is 2. The van der Waals surface area contributed by atoms with E-state index in [9.17, 15) is 0 Å². The Morgan fingerprint density at radius 2 is 1.21 bits per heavy atom. The quantitative estimate of drug-likeness (QED) is 0.347. The fourth-order valence-corrected chi connectivity index (χ4v) is 2.84. The minimum atomic E-state index is 1.09. The van der Waals surface area contributed by atoms with Crippen LogP contribution in [0.5, 0.6) is 0 Å². The Morgan fingerprint density at radius 3 is 2.08 bits per heavy atom. The average molecular weight is 308 g/mol. The van der Waals surface area contributed by atoms with Crippen molar-refractivity contribution in [1.82, 2.24) is 9.97 Å². The normalized spacial score (nSPS) is 10.5. The van der Waals surface area contributed by atoms with Crippen LogP contribution in [0.3, 0.4) is 0 Å². The van der Waals surface area contributed by atoms with Crippen molar-refractivity contribution in [3.63, 3.8) is 0 Å². The second-order valence-corrected chi connectivity index (χ2v) is 5.58. The Hall–Kier alpha value is -3.26. The van der Waals surface area contributed by atoms with Crippen molar-refractivity contribution in [1.29, 1.82) is 0 Å². The molecule has 5 rings (SSSR count). The van der Waals surface area contributed by atoms with Gasteiger partial charge in [0.15, 0.2) is 0 Å². The molecule has 0 spiro atoms. The van der Waals surface area contributed by atoms with Crippen LogP contribution < -0.4 is 0 Å². The van der Waals surface area contributed by atoms with Crippen molar-refractivity contribution in [2.75, 3.05) is 0 Å². The molecule has 5 aromatic rings. The third kappa shape index (κ3) is 2.82. The van der Waals surface area contributed by atoms with Crippen molar-refractivity contribution in [3.05, 3.63) is 97.5 Å². The van der Waals surface area contributed by atoms with E-state index < -0.39 is 0 Å². The first kappa shape index (κ1) is 14.3. The molecule has 0 aliphatic heterocycles. The van der Waals surface area contributed by atoms with Gasteiger partial charge >= 0.3 is 0 Å². The number of benzene rings is 3. The molecule has 0 saturated carbocycles. The van der Waals surface area contributed by atoms with Crippen LogP contribution in [-0.4, -0.2) is 9.97 Å². The molecule has 0 amide bonds. The minimum Gasteiger partial charge on any atom is -0.264 e. The molecular formula is C22H16N2. The molecule has 0 radical (unpaired) electrons. The van der Waals surface area contributed by atoms with Gasteiger partial charge in [0.1, 0.15) is 0 Å². The summed E-state index contributed by atoms with van der Waals surface area (Å²) in [5.74, 6) is 0. The Kier molecular flexibility index (Phi) is 3.86. The maximum atomic E-state index is 4.41. The second-order valence-electron chi connectivity index (χ2n) is 5.58. The van der Waals surface area contributed by atoms with Crippen LogP contribution in [0.15, 0.2) is 97.5 Å². The summed E-state index contributed by atoms with van der Waals surface area (Å²) < 4.78 is 0. The highest BCUT2D eigenvalue weighted by molar-refractivity contribution is 6.04. The first-order valence-corrected chi connectivity index (χ1v) is 7.93. The predicted molar refractivity (Wildman–Crippen MR) is 101 cm³/mol. The van der Waals surface area contributed by atoms with E-state index in [1.807, 2.05) is 42.9 Å². The van der Waals surface area contributed by atoms with E-state index in [0.29, 0.717) is 0 Å². The van der Waals surface area contributed by atoms with Crippen molar-refractivity contribution in [2.45, 2.75) is 0 Å². The van der Waals surface area contributed by atoms with Gasteiger partial charge in [-0.25, -0.2) is 0 Å². The second kappa shape index (κ2) is 6.47. The SMILES string of the molecule is c1ccc2c(c1)ccc1cccnc12.c1ccc2cnccc2c1. The minimum absolute atomic E-state index is 1.09. The summed E-state index contributed by atoms with van der Waals surface area (Å²) in [4.78, 5) is 8.42. The van der Waals surface area contributed by atoms with Gasteiger partial charge in [0.05, 0.1) is 5.52 Å². The van der Waals surface area contributed by atoms with Gasteiger partial charge in [0.25, 0.3) is 0 Å². The fraction of sp³-hybridized carbons (Fsp3) is 0. The van der Waals surface area contributed by atoms with Gasteiger partial charge in [0.2, 0.25) is 0 Å². The van der Waals surface area contributed by atoms with E-state index >= 15 is 0 Å². The van der Waals surface area contributed by atoms with E-state index in [0.717, 1.165) is 5.52 Å². The molecule has 2 heteroatoms. The number of nitrogens with zero attached hydrogens (tertiary/aromatic N) is 2. The molecule has 0 fully saturated rings. The molecule has 0 bridgehead atoms. The number of hydrogen-bond donors (Lipinski definition) is 0. The van der Waals surface area contributed by atoms with Crippen LogP contribution in [-0.2, 0) is 0 Å². The predicted octanol–water partition coefficient (Wildman–Crippen LogP) is 5.62. The topological polar surface area (TPSA) is 25.8 Å². The summed E-state index contributed by atoms with van der Waals surface area (Å²) in [5.41, 5.74) is 1.09. The van der Waals surface area contributed by atoms with E-state index in [-0.39, 0.29) is 0 Å². The van der Waals surface area contributed by atoms with Crippen molar-refractivity contribution in [3.8, 4) is 0 Å². The number of rotatable bonds is 0. The van der Waals surface area contributed by atoms with E-state index in [1.165, 1.54) is 26.9 Å². The first-order chi connectivity index (χ1) is 11.9. The van der Waals surface area contributed by atoms with Gasteiger partial charge in [-0.2, -0.15) is 0 Å². The zero-order valence-electron chi connectivity index (χ0n) is 13.1. The lowest BCUT2D eigenvalue weighted by Crippen LogP contribution is -1.79. The Bertz CT molecular complexity index is 996. The van der Waals surface area contributed by atoms with Crippen LogP contribution in [0.25, 0.3) is 32.4 Å². The molecule has 0 aliphatic rings. The number of fused-ring (bicyclic) bond motifs is 4. The summed E-state index contributed by atoms with van der Waals surface area (Å²) in [6.45, 7) is 0. The standard InChI is InChI=1S/C13H9N.C9H7N/c1-2-6-12-10(4-1)7-8-11-5-3-9-14-13(11)12;1-2-4-9-7-10-6-5-8(9)3-1/h1-9H;1-7H. The van der Waals surface area contributed by atoms with Gasteiger partial charge in [-0.15, -0.1) is 0 Å². The van der Waals surface area contributed by atoms with Crippen molar-refractivity contribution < 1.29 is 0 Å². The van der Waals surface area contributed by atoms with Crippen LogP contribution >= 0.6 is 0 Å². The molecule has 114 valence electrons. The zero-order valence-corrected chi connectivity index (χ0v) is 13.1. The van der Waals surface area contributed by atoms with E-state index in [2.05, 4.69) is 64.6 Å². The maximum Gasteiger partial charge on any atom is 0.0780 e. The average Bonchev–Trinajstić information content (AvgIpc) is 2.68. The highest BCUT2D eigenvalue weighted by Crippen LogP contribution is 2.22. The van der Waals surface area contributed by atoms with Crippen LogP contribution in [0.1, 0.15) is 0 Å². The molecule has 2 aromatic heterocycles. The third-order valence-corrected chi connectivity index (χ3v) is 4.05. The van der Waals surface area contributed by atoms with Gasteiger partial charge in [0, 0.05) is 29.4 Å². The Morgan fingerprint density at radius 1 is 0.500 bits per heavy atom. The highest BCUT2D eigenvalue weighted by Gasteiger charge is 1.98. The lowest BCUT2D eigenvalue weighted by molar-refractivity contribution is 1.36. The molecule has 0 atom stereocenters. The van der Waals surface area contributed by atoms with Gasteiger partial charge in [-0.3, -0.25) is 9.97 Å². The smallest absolute Gasteiger partial charge is 0.0780 e. The fourth-order valence-electron chi connectivity index (χ4n) is 2.84. The first-order valence-electron chi connectivity index (χ1n) is 7.93. The van der Waals surface area contributed by atoms with Crippen molar-refractivity contribution >= 4 is 32.4 Å². The number of aromatic nitrogens is 2. The van der Waals surface area contributed by atoms with Crippen LogP contribution in [0.2, 0.25) is 0 Å². The van der Waals surface area contributed by atoms with Crippen LogP contribution in [0, 0.1) is 0 Å². The van der Waals surface area contributed by atoms with Gasteiger partial charge in [-0.05, 0) is 28.3 Å². The lowest BCUT2D eigenvalue weighted by atomic mass is 10.1.